The molecule has 136 valence electrons. The Morgan fingerprint density at radius 3 is 2.73 bits per heavy atom. The highest BCUT2D eigenvalue weighted by molar-refractivity contribution is 5.94. The minimum atomic E-state index is -0.187. The lowest BCUT2D eigenvalue weighted by Gasteiger charge is -2.13. The number of para-hydroxylation sites is 2. The molecule has 2 N–H and O–H groups in total. The molecule has 0 radical (unpaired) electrons. The number of aromatic amines is 1. The maximum Gasteiger partial charge on any atom is 0.251 e. The van der Waals surface area contributed by atoms with Crippen molar-refractivity contribution in [1.29, 1.82) is 0 Å². The monoisotopic (exact) mass is 353 g/mol. The van der Waals surface area contributed by atoms with Gasteiger partial charge in [-0.15, -0.1) is 0 Å². The zero-order chi connectivity index (χ0) is 18.4. The Morgan fingerprint density at radius 2 is 1.96 bits per heavy atom. The van der Waals surface area contributed by atoms with Crippen LogP contribution in [0.5, 0.6) is 11.5 Å². The summed E-state index contributed by atoms with van der Waals surface area (Å²) >= 11 is 0. The number of nitrogens with zero attached hydrogens (tertiary/aromatic N) is 1. The van der Waals surface area contributed by atoms with Crippen LogP contribution in [-0.2, 0) is 6.54 Å². The van der Waals surface area contributed by atoms with Crippen LogP contribution in [0, 0.1) is 0 Å². The highest BCUT2D eigenvalue weighted by Gasteiger charge is 2.12. The molecule has 0 aliphatic heterocycles. The summed E-state index contributed by atoms with van der Waals surface area (Å²) in [4.78, 5) is 20.1. The zero-order valence-electron chi connectivity index (χ0n) is 15.0. The van der Waals surface area contributed by atoms with E-state index >= 15 is 0 Å². The van der Waals surface area contributed by atoms with Gasteiger partial charge in [0.15, 0.2) is 11.5 Å². The summed E-state index contributed by atoms with van der Waals surface area (Å²) in [6.45, 7) is 5.38. The van der Waals surface area contributed by atoms with Crippen molar-refractivity contribution in [3.05, 3.63) is 53.9 Å². The molecule has 6 nitrogen and oxygen atoms in total. The predicted molar refractivity (Wildman–Crippen MR) is 101 cm³/mol. The number of hydrogen-bond acceptors (Lipinski definition) is 4. The second-order valence-corrected chi connectivity index (χ2v) is 5.83. The van der Waals surface area contributed by atoms with Crippen molar-refractivity contribution in [1.82, 2.24) is 15.3 Å². The van der Waals surface area contributed by atoms with Crippen LogP contribution in [0.3, 0.4) is 0 Å². The lowest BCUT2D eigenvalue weighted by atomic mass is 10.2. The third kappa shape index (κ3) is 4.14. The largest absolute Gasteiger partial charge is 0.490 e. The van der Waals surface area contributed by atoms with Gasteiger partial charge in [-0.3, -0.25) is 4.79 Å². The van der Waals surface area contributed by atoms with Gasteiger partial charge in [-0.2, -0.15) is 0 Å². The molecule has 0 aliphatic rings. The van der Waals surface area contributed by atoms with E-state index in [9.17, 15) is 4.79 Å². The van der Waals surface area contributed by atoms with Gasteiger partial charge in [0.05, 0.1) is 30.8 Å². The van der Waals surface area contributed by atoms with Gasteiger partial charge in [-0.1, -0.05) is 19.1 Å². The molecule has 26 heavy (non-hydrogen) atoms. The van der Waals surface area contributed by atoms with Crippen LogP contribution in [0.15, 0.2) is 42.5 Å². The third-order valence-corrected chi connectivity index (χ3v) is 3.82. The van der Waals surface area contributed by atoms with Crippen molar-refractivity contribution in [3.8, 4) is 11.5 Å². The Kier molecular flexibility index (Phi) is 5.73. The number of imidazole rings is 1. The maximum atomic E-state index is 12.5. The zero-order valence-corrected chi connectivity index (χ0v) is 15.0. The molecule has 0 bridgehead atoms. The first-order chi connectivity index (χ1) is 12.7. The summed E-state index contributed by atoms with van der Waals surface area (Å²) in [5, 5.41) is 2.88. The minimum absolute atomic E-state index is 0.187. The van der Waals surface area contributed by atoms with Gasteiger partial charge in [0, 0.05) is 5.56 Å². The van der Waals surface area contributed by atoms with Crippen molar-refractivity contribution in [2.75, 3.05) is 13.2 Å². The quantitative estimate of drug-likeness (QED) is 0.648. The van der Waals surface area contributed by atoms with E-state index < -0.39 is 0 Å². The first kappa shape index (κ1) is 17.8. The number of ether oxygens (including phenoxy) is 2. The van der Waals surface area contributed by atoms with Crippen molar-refractivity contribution in [2.24, 2.45) is 0 Å². The molecular formula is C20H23N3O3. The Labute approximate surface area is 152 Å². The van der Waals surface area contributed by atoms with Gasteiger partial charge in [0.25, 0.3) is 5.91 Å². The maximum absolute atomic E-state index is 12.5. The summed E-state index contributed by atoms with van der Waals surface area (Å²) in [6, 6.07) is 13.0. The second kappa shape index (κ2) is 8.38. The van der Waals surface area contributed by atoms with Gasteiger partial charge in [0.2, 0.25) is 0 Å². The standard InChI is InChI=1S/C20H23N3O3/c1-3-11-26-17-10-9-14(12-18(17)25-4-2)20(24)21-13-19-22-15-7-5-6-8-16(15)23-19/h5-10,12H,3-4,11,13H2,1-2H3,(H,21,24)(H,22,23). The van der Waals surface area contributed by atoms with E-state index in [0.717, 1.165) is 17.5 Å². The van der Waals surface area contributed by atoms with Crippen LogP contribution in [0.4, 0.5) is 0 Å². The van der Waals surface area contributed by atoms with Crippen molar-refractivity contribution in [2.45, 2.75) is 26.8 Å². The first-order valence-corrected chi connectivity index (χ1v) is 8.82. The fraction of sp³-hybridized carbons (Fsp3) is 0.300. The average Bonchev–Trinajstić information content (AvgIpc) is 3.08. The summed E-state index contributed by atoms with van der Waals surface area (Å²) in [5.74, 6) is 1.76. The number of rotatable bonds is 8. The Morgan fingerprint density at radius 1 is 1.12 bits per heavy atom. The number of amides is 1. The number of nitrogens with one attached hydrogen (secondary N) is 2. The molecule has 0 saturated heterocycles. The molecule has 0 unspecified atom stereocenters. The Bertz CT molecular complexity index is 856. The minimum Gasteiger partial charge on any atom is -0.490 e. The highest BCUT2D eigenvalue weighted by atomic mass is 16.5. The SMILES string of the molecule is CCCOc1ccc(C(=O)NCc2nc3ccccc3[nH]2)cc1OCC. The molecule has 1 heterocycles. The van der Waals surface area contributed by atoms with E-state index in [0.29, 0.717) is 42.6 Å². The smallest absolute Gasteiger partial charge is 0.251 e. The molecule has 3 rings (SSSR count). The molecule has 0 spiro atoms. The van der Waals surface area contributed by atoms with Crippen molar-refractivity contribution in [3.63, 3.8) is 0 Å². The molecule has 0 aliphatic carbocycles. The van der Waals surface area contributed by atoms with Gasteiger partial charge in [-0.05, 0) is 43.7 Å². The number of fused-ring (bicyclic) bond motifs is 1. The Balaban J connectivity index is 1.69. The van der Waals surface area contributed by atoms with Crippen LogP contribution >= 0.6 is 0 Å². The molecule has 0 saturated carbocycles. The van der Waals surface area contributed by atoms with E-state index in [2.05, 4.69) is 15.3 Å². The molecule has 3 aromatic rings. The number of benzene rings is 2. The predicted octanol–water partition coefficient (Wildman–Crippen LogP) is 3.68. The second-order valence-electron chi connectivity index (χ2n) is 5.83. The summed E-state index contributed by atoms with van der Waals surface area (Å²) in [5.41, 5.74) is 2.36. The Hall–Kier alpha value is -3.02. The van der Waals surface area contributed by atoms with Gasteiger partial charge >= 0.3 is 0 Å². The van der Waals surface area contributed by atoms with Crippen LogP contribution in [0.2, 0.25) is 0 Å². The third-order valence-electron chi connectivity index (χ3n) is 3.82. The lowest BCUT2D eigenvalue weighted by molar-refractivity contribution is 0.0949. The van der Waals surface area contributed by atoms with E-state index in [-0.39, 0.29) is 5.91 Å². The van der Waals surface area contributed by atoms with Gasteiger partial charge in [-0.25, -0.2) is 4.98 Å². The summed E-state index contributed by atoms with van der Waals surface area (Å²) < 4.78 is 11.3. The van der Waals surface area contributed by atoms with Crippen LogP contribution < -0.4 is 14.8 Å². The number of carbonyl (C=O) groups is 1. The van der Waals surface area contributed by atoms with E-state index in [1.54, 1.807) is 18.2 Å². The lowest BCUT2D eigenvalue weighted by Crippen LogP contribution is -2.23. The van der Waals surface area contributed by atoms with Gasteiger partial charge in [0.1, 0.15) is 5.82 Å². The molecule has 2 aromatic carbocycles. The summed E-state index contributed by atoms with van der Waals surface area (Å²) in [6.07, 6.45) is 0.908. The van der Waals surface area contributed by atoms with Crippen LogP contribution in [0.1, 0.15) is 36.5 Å². The van der Waals surface area contributed by atoms with Gasteiger partial charge < -0.3 is 19.8 Å². The topological polar surface area (TPSA) is 76.2 Å². The fourth-order valence-electron chi connectivity index (χ4n) is 2.60. The molecule has 6 heteroatoms. The first-order valence-electron chi connectivity index (χ1n) is 8.82. The number of hydrogen-bond donors (Lipinski definition) is 2. The summed E-state index contributed by atoms with van der Waals surface area (Å²) in [7, 11) is 0. The molecule has 0 fully saturated rings. The van der Waals surface area contributed by atoms with Crippen LogP contribution in [-0.4, -0.2) is 29.1 Å². The van der Waals surface area contributed by atoms with E-state index in [1.807, 2.05) is 38.1 Å². The highest BCUT2D eigenvalue weighted by Crippen LogP contribution is 2.28. The van der Waals surface area contributed by atoms with Crippen molar-refractivity contribution < 1.29 is 14.3 Å². The average molecular weight is 353 g/mol. The molecule has 1 aromatic heterocycles. The number of aromatic nitrogens is 2. The van der Waals surface area contributed by atoms with E-state index in [1.165, 1.54) is 0 Å². The van der Waals surface area contributed by atoms with E-state index in [4.69, 9.17) is 9.47 Å². The molecular weight excluding hydrogens is 330 g/mol. The van der Waals surface area contributed by atoms with Crippen LogP contribution in [0.25, 0.3) is 11.0 Å². The molecule has 1 amide bonds. The fourth-order valence-corrected chi connectivity index (χ4v) is 2.60. The van der Waals surface area contributed by atoms with Crippen molar-refractivity contribution >= 4 is 16.9 Å². The normalized spacial score (nSPS) is 10.7. The molecule has 0 atom stereocenters. The number of H-pyrrole nitrogens is 1. The number of carbonyl (C=O) groups excluding carboxylic acids is 1.